The van der Waals surface area contributed by atoms with E-state index in [1.807, 2.05) is 6.92 Å². The molecule has 0 N–H and O–H groups in total. The molecule has 1 aromatic carbocycles. The fraction of sp³-hybridized carbons (Fsp3) is 0.167. The lowest BCUT2D eigenvalue weighted by Crippen LogP contribution is -1.96. The van der Waals surface area contributed by atoms with Crippen molar-refractivity contribution in [2.75, 3.05) is 0 Å². The van der Waals surface area contributed by atoms with Gasteiger partial charge in [-0.15, -0.1) is 10.2 Å². The third-order valence-electron chi connectivity index (χ3n) is 2.52. The molecule has 0 aliphatic carbocycles. The average Bonchev–Trinajstić information content (AvgIpc) is 2.34. The molecule has 0 bridgehead atoms. The van der Waals surface area contributed by atoms with Gasteiger partial charge in [-0.1, -0.05) is 23.4 Å². The Morgan fingerprint density at radius 2 is 1.83 bits per heavy atom. The van der Waals surface area contributed by atoms with Crippen LogP contribution in [-0.2, 0) is 0 Å². The maximum Gasteiger partial charge on any atom is 0.154 e. The molecular formula is C12H9ClF2N2S. The van der Waals surface area contributed by atoms with Gasteiger partial charge < -0.3 is 0 Å². The van der Waals surface area contributed by atoms with Gasteiger partial charge in [0.15, 0.2) is 5.15 Å². The zero-order valence-corrected chi connectivity index (χ0v) is 11.2. The van der Waals surface area contributed by atoms with E-state index >= 15 is 0 Å². The molecule has 18 heavy (non-hydrogen) atoms. The van der Waals surface area contributed by atoms with E-state index in [-0.39, 0.29) is 4.90 Å². The van der Waals surface area contributed by atoms with Crippen LogP contribution < -0.4 is 0 Å². The van der Waals surface area contributed by atoms with Crippen LogP contribution in [0.3, 0.4) is 0 Å². The zero-order chi connectivity index (χ0) is 13.3. The van der Waals surface area contributed by atoms with Crippen LogP contribution >= 0.6 is 23.4 Å². The normalized spacial score (nSPS) is 10.7. The minimum Gasteiger partial charge on any atom is -0.207 e. The van der Waals surface area contributed by atoms with Crippen LogP contribution in [0.1, 0.15) is 11.1 Å². The standard InChI is InChI=1S/C12H9ClF2N2S/c1-6-7(2)12(17-16-11(6)13)18-10-5-8(14)3-4-9(10)15/h3-5H,1-2H3. The van der Waals surface area contributed by atoms with Crippen molar-refractivity contribution < 1.29 is 8.78 Å². The second kappa shape index (κ2) is 5.20. The van der Waals surface area contributed by atoms with Gasteiger partial charge in [-0.2, -0.15) is 0 Å². The summed E-state index contributed by atoms with van der Waals surface area (Å²) >= 11 is 6.86. The van der Waals surface area contributed by atoms with E-state index < -0.39 is 11.6 Å². The largest absolute Gasteiger partial charge is 0.207 e. The highest BCUT2D eigenvalue weighted by atomic mass is 35.5. The average molecular weight is 287 g/mol. The zero-order valence-electron chi connectivity index (χ0n) is 9.67. The maximum atomic E-state index is 13.5. The van der Waals surface area contributed by atoms with Crippen LogP contribution in [0.4, 0.5) is 8.78 Å². The third-order valence-corrected chi connectivity index (χ3v) is 3.99. The molecule has 0 fully saturated rings. The third kappa shape index (κ3) is 2.62. The first-order valence-corrected chi connectivity index (χ1v) is 6.30. The van der Waals surface area contributed by atoms with Crippen LogP contribution in [-0.4, -0.2) is 10.2 Å². The molecule has 0 amide bonds. The van der Waals surface area contributed by atoms with Crippen LogP contribution in [0.25, 0.3) is 0 Å². The Morgan fingerprint density at radius 1 is 1.11 bits per heavy atom. The molecular weight excluding hydrogens is 278 g/mol. The molecule has 0 saturated carbocycles. The van der Waals surface area contributed by atoms with Crippen molar-refractivity contribution in [2.24, 2.45) is 0 Å². The summed E-state index contributed by atoms with van der Waals surface area (Å²) in [5.74, 6) is -0.981. The minimum absolute atomic E-state index is 0.175. The molecule has 94 valence electrons. The molecule has 0 unspecified atom stereocenters. The second-order valence-electron chi connectivity index (χ2n) is 3.72. The summed E-state index contributed by atoms with van der Waals surface area (Å²) in [5, 5.41) is 8.49. The van der Waals surface area contributed by atoms with Gasteiger partial charge in [-0.25, -0.2) is 8.78 Å². The maximum absolute atomic E-state index is 13.5. The number of halogens is 3. The van der Waals surface area contributed by atoms with Gasteiger partial charge in [0, 0.05) is 0 Å². The molecule has 0 spiro atoms. The highest BCUT2D eigenvalue weighted by Crippen LogP contribution is 2.32. The van der Waals surface area contributed by atoms with Crippen molar-refractivity contribution in [1.29, 1.82) is 0 Å². The first kappa shape index (κ1) is 13.2. The molecule has 2 rings (SSSR count). The number of benzene rings is 1. The van der Waals surface area contributed by atoms with Gasteiger partial charge in [-0.05, 0) is 43.2 Å². The summed E-state index contributed by atoms with van der Waals surface area (Å²) in [6.45, 7) is 3.62. The Balaban J connectivity index is 2.40. The van der Waals surface area contributed by atoms with Crippen LogP contribution in [0, 0.1) is 25.5 Å². The van der Waals surface area contributed by atoms with Crippen molar-refractivity contribution in [3.8, 4) is 0 Å². The molecule has 2 nitrogen and oxygen atoms in total. The lowest BCUT2D eigenvalue weighted by molar-refractivity contribution is 0.577. The molecule has 0 atom stereocenters. The highest BCUT2D eigenvalue weighted by Gasteiger charge is 2.12. The topological polar surface area (TPSA) is 25.8 Å². The Morgan fingerprint density at radius 3 is 2.56 bits per heavy atom. The van der Waals surface area contributed by atoms with E-state index in [1.165, 1.54) is 0 Å². The van der Waals surface area contributed by atoms with Crippen LogP contribution in [0.15, 0.2) is 28.1 Å². The Hall–Kier alpha value is -1.20. The van der Waals surface area contributed by atoms with Crippen molar-refractivity contribution in [3.63, 3.8) is 0 Å². The first-order chi connectivity index (χ1) is 8.49. The predicted molar refractivity (Wildman–Crippen MR) is 67.0 cm³/mol. The Kier molecular flexibility index (Phi) is 3.82. The summed E-state index contributed by atoms with van der Waals surface area (Å²) in [5.41, 5.74) is 1.59. The monoisotopic (exact) mass is 286 g/mol. The van der Waals surface area contributed by atoms with Gasteiger partial charge in [0.05, 0.1) is 4.90 Å². The van der Waals surface area contributed by atoms with E-state index in [0.29, 0.717) is 10.2 Å². The highest BCUT2D eigenvalue weighted by molar-refractivity contribution is 7.99. The van der Waals surface area contributed by atoms with E-state index in [0.717, 1.165) is 41.1 Å². The number of hydrogen-bond acceptors (Lipinski definition) is 3. The smallest absolute Gasteiger partial charge is 0.154 e. The molecule has 0 saturated heterocycles. The quantitative estimate of drug-likeness (QED) is 0.828. The molecule has 1 heterocycles. The van der Waals surface area contributed by atoms with E-state index in [1.54, 1.807) is 6.92 Å². The van der Waals surface area contributed by atoms with Gasteiger partial charge in [0.25, 0.3) is 0 Å². The number of aromatic nitrogens is 2. The van der Waals surface area contributed by atoms with Gasteiger partial charge >= 0.3 is 0 Å². The van der Waals surface area contributed by atoms with Crippen molar-refractivity contribution in [3.05, 3.63) is 46.1 Å². The van der Waals surface area contributed by atoms with Gasteiger partial charge in [-0.3, -0.25) is 0 Å². The van der Waals surface area contributed by atoms with Crippen molar-refractivity contribution in [1.82, 2.24) is 10.2 Å². The summed E-state index contributed by atoms with van der Waals surface area (Å²) in [7, 11) is 0. The lowest BCUT2D eigenvalue weighted by Gasteiger charge is -2.08. The summed E-state index contributed by atoms with van der Waals surface area (Å²) in [6, 6.07) is 3.29. The van der Waals surface area contributed by atoms with E-state index in [2.05, 4.69) is 10.2 Å². The molecule has 1 aromatic heterocycles. The Bertz CT molecular complexity index is 605. The van der Waals surface area contributed by atoms with E-state index in [9.17, 15) is 8.78 Å². The predicted octanol–water partition coefficient (Wildman–Crippen LogP) is 4.18. The summed E-state index contributed by atoms with van der Waals surface area (Å²) < 4.78 is 26.6. The fourth-order valence-electron chi connectivity index (χ4n) is 1.31. The molecule has 0 aliphatic rings. The lowest BCUT2D eigenvalue weighted by atomic mass is 10.2. The van der Waals surface area contributed by atoms with E-state index in [4.69, 9.17) is 11.6 Å². The van der Waals surface area contributed by atoms with Crippen LogP contribution in [0.5, 0.6) is 0 Å². The van der Waals surface area contributed by atoms with Crippen molar-refractivity contribution >= 4 is 23.4 Å². The molecule has 6 heteroatoms. The number of rotatable bonds is 2. The number of hydrogen-bond donors (Lipinski definition) is 0. The summed E-state index contributed by atoms with van der Waals surface area (Å²) in [6.07, 6.45) is 0. The number of nitrogens with zero attached hydrogens (tertiary/aromatic N) is 2. The second-order valence-corrected chi connectivity index (χ2v) is 5.11. The first-order valence-electron chi connectivity index (χ1n) is 5.11. The summed E-state index contributed by atoms with van der Waals surface area (Å²) in [4.78, 5) is 0.175. The van der Waals surface area contributed by atoms with Gasteiger partial charge in [0.2, 0.25) is 0 Å². The minimum atomic E-state index is -0.491. The van der Waals surface area contributed by atoms with Crippen molar-refractivity contribution in [2.45, 2.75) is 23.8 Å². The molecule has 0 aliphatic heterocycles. The van der Waals surface area contributed by atoms with Gasteiger partial charge in [0.1, 0.15) is 16.7 Å². The van der Waals surface area contributed by atoms with Crippen LogP contribution in [0.2, 0.25) is 5.15 Å². The molecule has 2 aromatic rings. The fourth-order valence-corrected chi connectivity index (χ4v) is 2.42. The Labute approximate surface area is 112 Å². The SMILES string of the molecule is Cc1c(Cl)nnc(Sc2cc(F)ccc2F)c1C. The molecule has 0 radical (unpaired) electrons.